The molecule has 0 aliphatic carbocycles. The average molecular weight is 464 g/mol. The minimum Gasteiger partial charge on any atom is -0.377 e. The van der Waals surface area contributed by atoms with Crippen LogP contribution in [0, 0.1) is 12.7 Å². The number of carbonyl (C=O) groups is 1. The zero-order valence-electron chi connectivity index (χ0n) is 17.1. The maximum Gasteiger partial charge on any atom is 0.421 e. The minimum absolute atomic E-state index is 0.0583. The van der Waals surface area contributed by atoms with E-state index in [4.69, 9.17) is 4.52 Å². The van der Waals surface area contributed by atoms with Crippen molar-refractivity contribution in [3.63, 3.8) is 0 Å². The lowest BCUT2D eigenvalue weighted by atomic mass is 10.0. The lowest BCUT2D eigenvalue weighted by Gasteiger charge is -2.15. The lowest BCUT2D eigenvalue weighted by molar-refractivity contribution is -0.209. The molecule has 4 aromatic rings. The number of amides is 1. The van der Waals surface area contributed by atoms with Crippen molar-refractivity contribution < 1.29 is 32.0 Å². The summed E-state index contributed by atoms with van der Waals surface area (Å²) in [5, 5.41) is 23.2. The van der Waals surface area contributed by atoms with Gasteiger partial charge < -0.3 is 14.9 Å². The summed E-state index contributed by atoms with van der Waals surface area (Å²) < 4.78 is 58.8. The molecule has 0 radical (unpaired) electrons. The number of nitrogens with one attached hydrogen (secondary N) is 1. The molecule has 13 heteroatoms. The SMILES string of the molecule is Cc1noc([C@@H](C)NC(=O)c2cc(-c3ccc(F)cc3)c3nnc(C(O)C(F)(F)F)n3c2)n1. The summed E-state index contributed by atoms with van der Waals surface area (Å²) in [6, 6.07) is 5.74. The molecule has 1 amide bonds. The summed E-state index contributed by atoms with van der Waals surface area (Å²) in [5.74, 6) is -1.53. The molecule has 0 bridgehead atoms. The van der Waals surface area contributed by atoms with Gasteiger partial charge in [0.2, 0.25) is 12.0 Å². The Kier molecular flexibility index (Phi) is 5.57. The predicted molar refractivity (Wildman–Crippen MR) is 104 cm³/mol. The molecule has 1 unspecified atom stereocenters. The highest BCUT2D eigenvalue weighted by molar-refractivity contribution is 5.96. The van der Waals surface area contributed by atoms with E-state index in [0.29, 0.717) is 11.4 Å². The van der Waals surface area contributed by atoms with Gasteiger partial charge >= 0.3 is 6.18 Å². The Morgan fingerprint density at radius 3 is 2.52 bits per heavy atom. The smallest absolute Gasteiger partial charge is 0.377 e. The molecule has 9 nitrogen and oxygen atoms in total. The Bertz CT molecular complexity index is 1320. The maximum atomic E-state index is 13.4. The molecule has 172 valence electrons. The number of nitrogens with zero attached hydrogens (tertiary/aromatic N) is 5. The van der Waals surface area contributed by atoms with Gasteiger partial charge in [0.1, 0.15) is 11.9 Å². The molecule has 33 heavy (non-hydrogen) atoms. The van der Waals surface area contributed by atoms with Crippen LogP contribution in [0.5, 0.6) is 0 Å². The zero-order valence-corrected chi connectivity index (χ0v) is 17.1. The van der Waals surface area contributed by atoms with Gasteiger partial charge in [-0.2, -0.15) is 18.2 Å². The summed E-state index contributed by atoms with van der Waals surface area (Å²) in [5.41, 5.74) is 0.450. The number of aromatic nitrogens is 5. The van der Waals surface area contributed by atoms with Crippen molar-refractivity contribution in [3.05, 3.63) is 65.4 Å². The van der Waals surface area contributed by atoms with E-state index in [9.17, 15) is 27.5 Å². The molecule has 4 rings (SSSR count). The molecule has 2 atom stereocenters. The van der Waals surface area contributed by atoms with Gasteiger partial charge in [0, 0.05) is 11.8 Å². The molecular formula is C20H16F4N6O3. The number of pyridine rings is 1. The van der Waals surface area contributed by atoms with Crippen LogP contribution in [-0.2, 0) is 0 Å². The first-order valence-electron chi connectivity index (χ1n) is 9.55. The van der Waals surface area contributed by atoms with Gasteiger partial charge in [-0.1, -0.05) is 17.3 Å². The number of carbonyl (C=O) groups excluding carboxylic acids is 1. The van der Waals surface area contributed by atoms with Crippen molar-refractivity contribution in [1.29, 1.82) is 0 Å². The first-order chi connectivity index (χ1) is 15.5. The predicted octanol–water partition coefficient (Wildman–Crippen LogP) is 3.31. The Labute approximate surface area is 183 Å². The van der Waals surface area contributed by atoms with Crippen LogP contribution in [0.4, 0.5) is 17.6 Å². The molecule has 0 saturated heterocycles. The number of hydrogen-bond donors (Lipinski definition) is 2. The number of halogens is 4. The fourth-order valence-electron chi connectivity index (χ4n) is 3.14. The Balaban J connectivity index is 1.81. The standard InChI is InChI=1S/C20H16F4N6O3/c1-9(19-26-10(2)29-33-19)25-18(32)12-7-14(11-3-5-13(21)6-4-11)16-27-28-17(30(16)8-12)15(31)20(22,23)24/h3-9,15,31H,1-2H3,(H,25,32)/t9-,15?/m1/s1. The van der Waals surface area contributed by atoms with Crippen LogP contribution in [0.3, 0.4) is 0 Å². The first kappa shape index (κ1) is 22.3. The van der Waals surface area contributed by atoms with Crippen molar-refractivity contribution >= 4 is 11.6 Å². The van der Waals surface area contributed by atoms with Gasteiger partial charge in [0.05, 0.1) is 5.56 Å². The molecule has 1 aromatic carbocycles. The number of hydrogen-bond acceptors (Lipinski definition) is 7. The van der Waals surface area contributed by atoms with Crippen molar-refractivity contribution in [2.24, 2.45) is 0 Å². The van der Waals surface area contributed by atoms with Crippen LogP contribution in [0.1, 0.15) is 47.0 Å². The van der Waals surface area contributed by atoms with E-state index in [1.54, 1.807) is 13.8 Å². The minimum atomic E-state index is -5.01. The fourth-order valence-corrected chi connectivity index (χ4v) is 3.14. The van der Waals surface area contributed by atoms with Gasteiger partial charge in [0.25, 0.3) is 5.91 Å². The van der Waals surface area contributed by atoms with Crippen molar-refractivity contribution in [3.8, 4) is 11.1 Å². The number of aryl methyl sites for hydroxylation is 1. The van der Waals surface area contributed by atoms with E-state index < -0.39 is 35.9 Å². The topological polar surface area (TPSA) is 118 Å². The Hall–Kier alpha value is -3.87. The second kappa shape index (κ2) is 8.24. The molecule has 0 saturated carbocycles. The monoisotopic (exact) mass is 464 g/mol. The van der Waals surface area contributed by atoms with Crippen LogP contribution in [-0.4, -0.2) is 41.9 Å². The number of rotatable bonds is 5. The van der Waals surface area contributed by atoms with Crippen molar-refractivity contribution in [2.75, 3.05) is 0 Å². The van der Waals surface area contributed by atoms with E-state index in [1.165, 1.54) is 18.2 Å². The highest BCUT2D eigenvalue weighted by atomic mass is 19.4. The third-order valence-electron chi connectivity index (χ3n) is 4.76. The second-order valence-electron chi connectivity index (χ2n) is 7.22. The number of aliphatic hydroxyl groups is 1. The molecule has 0 aliphatic heterocycles. The third kappa shape index (κ3) is 4.39. The second-order valence-corrected chi connectivity index (χ2v) is 7.22. The highest BCUT2D eigenvalue weighted by Crippen LogP contribution is 2.33. The van der Waals surface area contributed by atoms with Gasteiger partial charge in [-0.05, 0) is 37.6 Å². The molecule has 0 fully saturated rings. The molecule has 0 aliphatic rings. The largest absolute Gasteiger partial charge is 0.421 e. The highest BCUT2D eigenvalue weighted by Gasteiger charge is 2.42. The van der Waals surface area contributed by atoms with E-state index in [0.717, 1.165) is 22.7 Å². The van der Waals surface area contributed by atoms with E-state index in [1.807, 2.05) is 0 Å². The quantitative estimate of drug-likeness (QED) is 0.435. The molecule has 0 spiro atoms. The Morgan fingerprint density at radius 1 is 1.21 bits per heavy atom. The number of aliphatic hydroxyl groups excluding tert-OH is 1. The molecule has 3 heterocycles. The number of alkyl halides is 3. The Morgan fingerprint density at radius 2 is 1.91 bits per heavy atom. The van der Waals surface area contributed by atoms with Crippen LogP contribution in [0.15, 0.2) is 41.1 Å². The van der Waals surface area contributed by atoms with Gasteiger partial charge in [-0.15, -0.1) is 10.2 Å². The molecular weight excluding hydrogens is 448 g/mol. The molecule has 3 aromatic heterocycles. The summed E-state index contributed by atoms with van der Waals surface area (Å²) in [6.07, 6.45) is -6.87. The first-order valence-corrected chi connectivity index (χ1v) is 9.55. The fraction of sp³-hybridized carbons (Fsp3) is 0.250. The van der Waals surface area contributed by atoms with E-state index >= 15 is 0 Å². The summed E-state index contributed by atoms with van der Waals surface area (Å²) in [4.78, 5) is 16.9. The van der Waals surface area contributed by atoms with Crippen molar-refractivity contribution in [2.45, 2.75) is 32.2 Å². The number of fused-ring (bicyclic) bond motifs is 1. The summed E-state index contributed by atoms with van der Waals surface area (Å²) >= 11 is 0. The van der Waals surface area contributed by atoms with E-state index in [-0.39, 0.29) is 22.7 Å². The molecule has 2 N–H and O–H groups in total. The van der Waals surface area contributed by atoms with Crippen molar-refractivity contribution in [1.82, 2.24) is 30.1 Å². The average Bonchev–Trinajstić information content (AvgIpc) is 3.38. The summed E-state index contributed by atoms with van der Waals surface area (Å²) in [6.45, 7) is 3.19. The van der Waals surface area contributed by atoms with Gasteiger partial charge in [-0.25, -0.2) is 4.39 Å². The lowest BCUT2D eigenvalue weighted by Crippen LogP contribution is -2.27. The number of benzene rings is 1. The van der Waals surface area contributed by atoms with E-state index in [2.05, 4.69) is 25.7 Å². The van der Waals surface area contributed by atoms with Gasteiger partial charge in [0.15, 0.2) is 17.3 Å². The summed E-state index contributed by atoms with van der Waals surface area (Å²) in [7, 11) is 0. The van der Waals surface area contributed by atoms with Crippen LogP contribution >= 0.6 is 0 Å². The normalized spacial score (nSPS) is 13.8. The van der Waals surface area contributed by atoms with Gasteiger partial charge in [-0.3, -0.25) is 9.20 Å². The third-order valence-corrected chi connectivity index (χ3v) is 4.76. The zero-order chi connectivity index (χ0) is 23.9. The van der Waals surface area contributed by atoms with Crippen LogP contribution in [0.2, 0.25) is 0 Å². The maximum absolute atomic E-state index is 13.4. The van der Waals surface area contributed by atoms with Crippen LogP contribution in [0.25, 0.3) is 16.8 Å². The van der Waals surface area contributed by atoms with Crippen LogP contribution < -0.4 is 5.32 Å².